The maximum atomic E-state index is 11.9. The van der Waals surface area contributed by atoms with Gasteiger partial charge in [-0.15, -0.1) is 11.8 Å². The highest BCUT2D eigenvalue weighted by Gasteiger charge is 2.43. The third-order valence-electron chi connectivity index (χ3n) is 4.16. The second-order valence-corrected chi connectivity index (χ2v) is 6.71. The van der Waals surface area contributed by atoms with Crippen molar-refractivity contribution in [2.24, 2.45) is 5.73 Å². The van der Waals surface area contributed by atoms with Crippen LogP contribution in [0.25, 0.3) is 0 Å². The van der Waals surface area contributed by atoms with Gasteiger partial charge in [0.15, 0.2) is 0 Å². The topological polar surface area (TPSA) is 46.3 Å². The Labute approximate surface area is 112 Å². The minimum atomic E-state index is 0.00535. The molecule has 2 N–H and O–H groups in total. The summed E-state index contributed by atoms with van der Waals surface area (Å²) in [5.74, 6) is 0.181. The molecule has 1 aromatic carbocycles. The van der Waals surface area contributed by atoms with Crippen LogP contribution in [0.3, 0.4) is 0 Å². The van der Waals surface area contributed by atoms with E-state index in [1.165, 1.54) is 23.3 Å². The lowest BCUT2D eigenvalue weighted by Gasteiger charge is -2.30. The molecule has 1 atom stereocenters. The summed E-state index contributed by atoms with van der Waals surface area (Å²) in [5, 5.41) is 0.00535. The number of hydrogen-bond donors (Lipinski definition) is 1. The lowest BCUT2D eigenvalue weighted by Crippen LogP contribution is -2.36. The number of fused-ring (bicyclic) bond motifs is 1. The molecule has 1 aliphatic carbocycles. The molecular weight excluding hydrogens is 244 g/mol. The monoisotopic (exact) mass is 262 g/mol. The number of benzene rings is 1. The Morgan fingerprint density at radius 2 is 2.22 bits per heavy atom. The summed E-state index contributed by atoms with van der Waals surface area (Å²) in [6.07, 6.45) is 2.38. The van der Waals surface area contributed by atoms with E-state index in [0.717, 1.165) is 12.2 Å². The molecule has 0 spiro atoms. The van der Waals surface area contributed by atoms with Crippen LogP contribution in [0.5, 0.6) is 0 Å². The third kappa shape index (κ3) is 1.67. The molecule has 2 aliphatic rings. The number of thioether (sulfide) groups is 1. The minimum Gasteiger partial charge on any atom is -0.330 e. The first-order valence-corrected chi connectivity index (χ1v) is 7.24. The van der Waals surface area contributed by atoms with E-state index in [4.69, 9.17) is 5.73 Å². The lowest BCUT2D eigenvalue weighted by atomic mass is 9.96. The standard InChI is InChI=1S/C14H18N2OS/c1-9-13(17)16(2)11-4-3-10(7-12(11)18-9)14(8-15)5-6-14/h3-4,7,9H,5-6,8,15H2,1-2H3. The minimum absolute atomic E-state index is 0.00535. The van der Waals surface area contributed by atoms with Crippen molar-refractivity contribution in [1.29, 1.82) is 0 Å². The molecule has 1 heterocycles. The molecule has 1 unspecified atom stereocenters. The summed E-state index contributed by atoms with van der Waals surface area (Å²) < 4.78 is 0. The predicted molar refractivity (Wildman–Crippen MR) is 75.1 cm³/mol. The van der Waals surface area contributed by atoms with Gasteiger partial charge in [-0.05, 0) is 37.5 Å². The molecule has 0 saturated heterocycles. The fourth-order valence-electron chi connectivity index (χ4n) is 2.61. The normalized spacial score (nSPS) is 24.9. The number of nitrogens with zero attached hydrogens (tertiary/aromatic N) is 1. The van der Waals surface area contributed by atoms with Crippen molar-refractivity contribution >= 4 is 23.4 Å². The first-order valence-electron chi connectivity index (χ1n) is 6.36. The van der Waals surface area contributed by atoms with E-state index in [0.29, 0.717) is 0 Å². The van der Waals surface area contributed by atoms with Gasteiger partial charge in [-0.3, -0.25) is 4.79 Å². The van der Waals surface area contributed by atoms with Gasteiger partial charge >= 0.3 is 0 Å². The fraction of sp³-hybridized carbons (Fsp3) is 0.500. The Hall–Kier alpha value is -1.00. The Morgan fingerprint density at radius 1 is 1.50 bits per heavy atom. The van der Waals surface area contributed by atoms with Crippen LogP contribution in [-0.2, 0) is 10.2 Å². The smallest absolute Gasteiger partial charge is 0.239 e. The van der Waals surface area contributed by atoms with Crippen LogP contribution < -0.4 is 10.6 Å². The average Bonchev–Trinajstić information content (AvgIpc) is 3.16. The van der Waals surface area contributed by atoms with E-state index in [-0.39, 0.29) is 16.6 Å². The number of hydrogen-bond acceptors (Lipinski definition) is 3. The number of amides is 1. The highest BCUT2D eigenvalue weighted by atomic mass is 32.2. The first-order chi connectivity index (χ1) is 8.57. The van der Waals surface area contributed by atoms with E-state index >= 15 is 0 Å². The summed E-state index contributed by atoms with van der Waals surface area (Å²) in [6.45, 7) is 2.69. The zero-order chi connectivity index (χ0) is 12.9. The van der Waals surface area contributed by atoms with Gasteiger partial charge in [-0.2, -0.15) is 0 Å². The van der Waals surface area contributed by atoms with Gasteiger partial charge in [0, 0.05) is 23.9 Å². The van der Waals surface area contributed by atoms with Gasteiger partial charge in [0.05, 0.1) is 10.9 Å². The highest BCUT2D eigenvalue weighted by Crippen LogP contribution is 2.49. The van der Waals surface area contributed by atoms with E-state index in [9.17, 15) is 4.79 Å². The van der Waals surface area contributed by atoms with E-state index in [1.807, 2.05) is 14.0 Å². The Balaban J connectivity index is 2.02. The molecule has 1 saturated carbocycles. The van der Waals surface area contributed by atoms with Crippen molar-refractivity contribution in [1.82, 2.24) is 0 Å². The largest absolute Gasteiger partial charge is 0.330 e. The van der Waals surface area contributed by atoms with Crippen LogP contribution in [0.1, 0.15) is 25.3 Å². The number of rotatable bonds is 2. The fourth-order valence-corrected chi connectivity index (χ4v) is 3.77. The lowest BCUT2D eigenvalue weighted by molar-refractivity contribution is -0.117. The molecule has 0 bridgehead atoms. The number of anilines is 1. The van der Waals surface area contributed by atoms with Gasteiger partial charge in [-0.1, -0.05) is 6.07 Å². The Kier molecular flexibility index (Phi) is 2.68. The van der Waals surface area contributed by atoms with Crippen molar-refractivity contribution in [2.75, 3.05) is 18.5 Å². The zero-order valence-corrected chi connectivity index (χ0v) is 11.6. The molecule has 0 radical (unpaired) electrons. The van der Waals surface area contributed by atoms with E-state index in [2.05, 4.69) is 18.2 Å². The Bertz CT molecular complexity index is 511. The average molecular weight is 262 g/mol. The summed E-state index contributed by atoms with van der Waals surface area (Å²) in [5.41, 5.74) is 8.47. The third-order valence-corrected chi connectivity index (χ3v) is 5.30. The molecule has 18 heavy (non-hydrogen) atoms. The van der Waals surface area contributed by atoms with E-state index < -0.39 is 0 Å². The molecule has 3 rings (SSSR count). The van der Waals surface area contributed by atoms with Crippen molar-refractivity contribution in [2.45, 2.75) is 35.3 Å². The number of carbonyl (C=O) groups excluding carboxylic acids is 1. The van der Waals surface area contributed by atoms with Crippen LogP contribution in [0, 0.1) is 0 Å². The summed E-state index contributed by atoms with van der Waals surface area (Å²) in [4.78, 5) is 14.9. The van der Waals surface area contributed by atoms with Gasteiger partial charge in [0.1, 0.15) is 0 Å². The van der Waals surface area contributed by atoms with Gasteiger partial charge < -0.3 is 10.6 Å². The summed E-state index contributed by atoms with van der Waals surface area (Å²) in [7, 11) is 1.85. The van der Waals surface area contributed by atoms with Gasteiger partial charge in [-0.25, -0.2) is 0 Å². The van der Waals surface area contributed by atoms with Crippen molar-refractivity contribution in [3.63, 3.8) is 0 Å². The van der Waals surface area contributed by atoms with Gasteiger partial charge in [0.2, 0.25) is 5.91 Å². The van der Waals surface area contributed by atoms with Crippen LogP contribution in [-0.4, -0.2) is 24.7 Å². The van der Waals surface area contributed by atoms with Gasteiger partial charge in [0.25, 0.3) is 0 Å². The van der Waals surface area contributed by atoms with Crippen molar-refractivity contribution in [3.05, 3.63) is 23.8 Å². The SMILES string of the molecule is CC1Sc2cc(C3(CN)CC3)ccc2N(C)C1=O. The molecule has 3 nitrogen and oxygen atoms in total. The summed E-state index contributed by atoms with van der Waals surface area (Å²) >= 11 is 1.66. The molecule has 1 aliphatic heterocycles. The molecular formula is C14H18N2OS. The quantitative estimate of drug-likeness (QED) is 0.888. The second-order valence-electron chi connectivity index (χ2n) is 5.32. The first kappa shape index (κ1) is 12.1. The molecule has 4 heteroatoms. The molecule has 1 fully saturated rings. The maximum Gasteiger partial charge on any atom is 0.239 e. The van der Waals surface area contributed by atoms with Crippen LogP contribution >= 0.6 is 11.8 Å². The summed E-state index contributed by atoms with van der Waals surface area (Å²) in [6, 6.07) is 6.44. The zero-order valence-electron chi connectivity index (χ0n) is 10.8. The van der Waals surface area contributed by atoms with Crippen LogP contribution in [0.15, 0.2) is 23.1 Å². The number of nitrogens with two attached hydrogens (primary N) is 1. The predicted octanol–water partition coefficient (Wildman–Crippen LogP) is 2.13. The molecule has 96 valence electrons. The van der Waals surface area contributed by atoms with Crippen molar-refractivity contribution < 1.29 is 4.79 Å². The van der Waals surface area contributed by atoms with E-state index in [1.54, 1.807) is 16.7 Å². The van der Waals surface area contributed by atoms with Crippen molar-refractivity contribution in [3.8, 4) is 0 Å². The maximum absolute atomic E-state index is 11.9. The molecule has 1 aromatic rings. The highest BCUT2D eigenvalue weighted by molar-refractivity contribution is 8.01. The number of carbonyl (C=O) groups is 1. The molecule has 0 aromatic heterocycles. The second kappa shape index (κ2) is 4.00. The van der Waals surface area contributed by atoms with Crippen LogP contribution in [0.4, 0.5) is 5.69 Å². The van der Waals surface area contributed by atoms with Crippen LogP contribution in [0.2, 0.25) is 0 Å². The Morgan fingerprint density at radius 3 is 2.83 bits per heavy atom. The molecule has 1 amide bonds.